The van der Waals surface area contributed by atoms with Gasteiger partial charge in [0.1, 0.15) is 12.7 Å². The average Bonchev–Trinajstić information content (AvgIpc) is 3.09. The van der Waals surface area contributed by atoms with Crippen LogP contribution >= 0.6 is 0 Å². The Bertz CT molecular complexity index is 623. The van der Waals surface area contributed by atoms with Gasteiger partial charge in [-0.15, -0.1) is 0 Å². The van der Waals surface area contributed by atoms with Gasteiger partial charge in [0.2, 0.25) is 0 Å². The summed E-state index contributed by atoms with van der Waals surface area (Å²) in [5, 5.41) is 7.08. The van der Waals surface area contributed by atoms with Crippen LogP contribution in [0, 0.1) is 0 Å². The molecule has 0 aliphatic carbocycles. The number of aromatic nitrogens is 4. The number of nitrogens with zero attached hydrogens (tertiary/aromatic N) is 6. The molecule has 0 aromatic carbocycles. The minimum Gasteiger partial charge on any atom is -0.334 e. The summed E-state index contributed by atoms with van der Waals surface area (Å²) in [5.41, 5.74) is 1.21. The van der Waals surface area contributed by atoms with Gasteiger partial charge in [0.05, 0.1) is 6.54 Å². The van der Waals surface area contributed by atoms with Crippen LogP contribution < -0.4 is 5.32 Å². The second kappa shape index (κ2) is 7.87. The summed E-state index contributed by atoms with van der Waals surface area (Å²) in [6.07, 6.45) is 6.83. The Morgan fingerprint density at radius 3 is 2.79 bits per heavy atom. The smallest absolute Gasteiger partial charge is 0.317 e. The van der Waals surface area contributed by atoms with Crippen LogP contribution in [0.3, 0.4) is 0 Å². The third kappa shape index (κ3) is 4.51. The summed E-state index contributed by atoms with van der Waals surface area (Å²) in [6.45, 7) is 6.70. The van der Waals surface area contributed by atoms with Crippen LogP contribution in [-0.4, -0.2) is 67.8 Å². The molecule has 1 aliphatic rings. The van der Waals surface area contributed by atoms with Crippen molar-refractivity contribution in [2.45, 2.75) is 26.1 Å². The lowest BCUT2D eigenvalue weighted by Gasteiger charge is -2.35. The van der Waals surface area contributed by atoms with Crippen LogP contribution in [-0.2, 0) is 13.1 Å². The van der Waals surface area contributed by atoms with E-state index in [1.165, 1.54) is 11.9 Å². The molecule has 2 aromatic rings. The van der Waals surface area contributed by atoms with Crippen LogP contribution in [0.5, 0.6) is 0 Å². The average molecular weight is 329 g/mol. The molecular weight excluding hydrogens is 306 g/mol. The molecule has 3 rings (SSSR count). The number of amides is 2. The molecule has 2 amide bonds. The van der Waals surface area contributed by atoms with Crippen LogP contribution in [0.4, 0.5) is 4.79 Å². The van der Waals surface area contributed by atoms with Crippen LogP contribution in [0.15, 0.2) is 37.2 Å². The molecule has 1 unspecified atom stereocenters. The van der Waals surface area contributed by atoms with E-state index in [0.29, 0.717) is 6.54 Å². The van der Waals surface area contributed by atoms with Crippen LogP contribution in [0.25, 0.3) is 0 Å². The van der Waals surface area contributed by atoms with Gasteiger partial charge in [-0.3, -0.25) is 14.6 Å². The van der Waals surface area contributed by atoms with Crippen molar-refractivity contribution in [2.75, 3.05) is 26.2 Å². The Balaban J connectivity index is 1.41. The van der Waals surface area contributed by atoms with Gasteiger partial charge in [0.25, 0.3) is 0 Å². The molecule has 1 aliphatic heterocycles. The number of rotatable bonds is 5. The molecular formula is C16H23N7O. The van der Waals surface area contributed by atoms with E-state index < -0.39 is 0 Å². The third-order valence-corrected chi connectivity index (χ3v) is 4.09. The Morgan fingerprint density at radius 1 is 1.29 bits per heavy atom. The first-order valence-electron chi connectivity index (χ1n) is 8.20. The van der Waals surface area contributed by atoms with Crippen molar-refractivity contribution in [2.24, 2.45) is 0 Å². The minimum absolute atomic E-state index is 0.00706. The van der Waals surface area contributed by atoms with Crippen LogP contribution in [0.2, 0.25) is 0 Å². The molecule has 1 atom stereocenters. The molecule has 0 bridgehead atoms. The van der Waals surface area contributed by atoms with Gasteiger partial charge < -0.3 is 10.2 Å². The van der Waals surface area contributed by atoms with Crippen molar-refractivity contribution in [1.29, 1.82) is 0 Å². The molecule has 0 radical (unpaired) electrons. The van der Waals surface area contributed by atoms with Crippen molar-refractivity contribution in [3.05, 3.63) is 42.7 Å². The summed E-state index contributed by atoms with van der Waals surface area (Å²) in [4.78, 5) is 24.6. The maximum atomic E-state index is 12.3. The van der Waals surface area contributed by atoms with Gasteiger partial charge in [0.15, 0.2) is 0 Å². The highest BCUT2D eigenvalue weighted by molar-refractivity contribution is 5.74. The summed E-state index contributed by atoms with van der Waals surface area (Å²) < 4.78 is 1.72. The first kappa shape index (κ1) is 16.4. The number of carbonyl (C=O) groups excluding carboxylic acids is 1. The Hall–Kier alpha value is -2.48. The predicted molar refractivity (Wildman–Crippen MR) is 89.1 cm³/mol. The first-order valence-corrected chi connectivity index (χ1v) is 8.20. The van der Waals surface area contributed by atoms with E-state index in [1.807, 2.05) is 24.1 Å². The van der Waals surface area contributed by atoms with E-state index in [-0.39, 0.29) is 12.1 Å². The fourth-order valence-electron chi connectivity index (χ4n) is 2.81. The highest BCUT2D eigenvalue weighted by Gasteiger charge is 2.22. The zero-order chi connectivity index (χ0) is 16.8. The molecule has 24 heavy (non-hydrogen) atoms. The number of pyridine rings is 1. The van der Waals surface area contributed by atoms with Gasteiger partial charge in [-0.05, 0) is 18.6 Å². The van der Waals surface area contributed by atoms with Gasteiger partial charge in [0, 0.05) is 51.2 Å². The quantitative estimate of drug-likeness (QED) is 0.868. The standard InChI is InChI=1S/C16H23N7O/c1-14(10-23-13-18-12-19-23)20-16(24)22-7-5-21(6-8-22)11-15-3-2-4-17-9-15/h2-4,9,12-14H,5-8,10-11H2,1H3,(H,20,24). The summed E-state index contributed by atoms with van der Waals surface area (Å²) in [7, 11) is 0. The zero-order valence-corrected chi connectivity index (χ0v) is 13.9. The largest absolute Gasteiger partial charge is 0.334 e. The van der Waals surface area contributed by atoms with E-state index in [0.717, 1.165) is 32.7 Å². The van der Waals surface area contributed by atoms with Gasteiger partial charge >= 0.3 is 6.03 Å². The zero-order valence-electron chi connectivity index (χ0n) is 13.9. The van der Waals surface area contributed by atoms with Crippen LogP contribution in [0.1, 0.15) is 12.5 Å². The van der Waals surface area contributed by atoms with Crippen molar-refractivity contribution < 1.29 is 4.79 Å². The van der Waals surface area contributed by atoms with Gasteiger partial charge in [-0.1, -0.05) is 6.07 Å². The SMILES string of the molecule is CC(Cn1cncn1)NC(=O)N1CCN(Cc2cccnc2)CC1. The highest BCUT2D eigenvalue weighted by atomic mass is 16.2. The number of hydrogen-bond donors (Lipinski definition) is 1. The second-order valence-corrected chi connectivity index (χ2v) is 6.09. The Labute approximate surface area is 141 Å². The normalized spacial score (nSPS) is 16.8. The molecule has 1 fully saturated rings. The summed E-state index contributed by atoms with van der Waals surface area (Å²) in [6, 6.07) is 4.03. The van der Waals surface area contributed by atoms with Crippen molar-refractivity contribution in [3.8, 4) is 0 Å². The molecule has 1 saturated heterocycles. The van der Waals surface area contributed by atoms with Gasteiger partial charge in [-0.25, -0.2) is 9.78 Å². The minimum atomic E-state index is -0.0105. The number of nitrogens with one attached hydrogen (secondary N) is 1. The molecule has 8 nitrogen and oxygen atoms in total. The van der Waals surface area contributed by atoms with Crippen molar-refractivity contribution in [1.82, 2.24) is 34.9 Å². The number of carbonyl (C=O) groups is 1. The molecule has 2 aromatic heterocycles. The maximum absolute atomic E-state index is 12.3. The third-order valence-electron chi connectivity index (χ3n) is 4.09. The van der Waals surface area contributed by atoms with E-state index in [4.69, 9.17) is 0 Å². The molecule has 128 valence electrons. The maximum Gasteiger partial charge on any atom is 0.317 e. The van der Waals surface area contributed by atoms with E-state index in [2.05, 4.69) is 31.3 Å². The van der Waals surface area contributed by atoms with E-state index in [1.54, 1.807) is 17.2 Å². The van der Waals surface area contributed by atoms with E-state index >= 15 is 0 Å². The lowest BCUT2D eigenvalue weighted by molar-refractivity contribution is 0.133. The second-order valence-electron chi connectivity index (χ2n) is 6.09. The number of urea groups is 1. The molecule has 0 saturated carbocycles. The van der Waals surface area contributed by atoms with Crippen molar-refractivity contribution >= 4 is 6.03 Å². The molecule has 0 spiro atoms. The topological polar surface area (TPSA) is 79.2 Å². The van der Waals surface area contributed by atoms with E-state index in [9.17, 15) is 4.79 Å². The number of hydrogen-bond acceptors (Lipinski definition) is 5. The molecule has 8 heteroatoms. The fourth-order valence-corrected chi connectivity index (χ4v) is 2.81. The Kier molecular flexibility index (Phi) is 5.37. The molecule has 3 heterocycles. The predicted octanol–water partition coefficient (Wildman–Crippen LogP) is 0.589. The lowest BCUT2D eigenvalue weighted by Crippen LogP contribution is -2.53. The first-order chi connectivity index (χ1) is 11.7. The number of piperazine rings is 1. The van der Waals surface area contributed by atoms with Gasteiger partial charge in [-0.2, -0.15) is 5.10 Å². The van der Waals surface area contributed by atoms with Crippen molar-refractivity contribution in [3.63, 3.8) is 0 Å². The monoisotopic (exact) mass is 329 g/mol. The summed E-state index contributed by atoms with van der Waals surface area (Å²) >= 11 is 0. The summed E-state index contributed by atoms with van der Waals surface area (Å²) in [5.74, 6) is 0. The highest BCUT2D eigenvalue weighted by Crippen LogP contribution is 2.08. The molecule has 1 N–H and O–H groups in total. The Morgan fingerprint density at radius 2 is 2.12 bits per heavy atom. The lowest BCUT2D eigenvalue weighted by atomic mass is 10.2. The fraction of sp³-hybridized carbons (Fsp3) is 0.500.